The van der Waals surface area contributed by atoms with E-state index >= 15 is 0 Å². The molecule has 2 bridgehead atoms. The van der Waals surface area contributed by atoms with E-state index in [1.54, 1.807) is 6.07 Å². The molecule has 84 valence electrons. The van der Waals surface area contributed by atoms with Crippen molar-refractivity contribution in [3.8, 4) is 0 Å². The minimum absolute atomic E-state index is 0.111. The number of hydrogen-bond donors (Lipinski definition) is 0. The average Bonchev–Trinajstić information content (AvgIpc) is 2.28. The molecule has 3 heterocycles. The van der Waals surface area contributed by atoms with Gasteiger partial charge in [-0.25, -0.2) is 0 Å². The highest BCUT2D eigenvalue weighted by molar-refractivity contribution is 5.37. The molecule has 0 spiro atoms. The number of fused-ring (bicyclic) bond motifs is 4. The van der Waals surface area contributed by atoms with Crippen molar-refractivity contribution in [2.75, 3.05) is 13.1 Å². The fourth-order valence-electron chi connectivity index (χ4n) is 2.77. The zero-order chi connectivity index (χ0) is 11.1. The van der Waals surface area contributed by atoms with E-state index in [0.717, 1.165) is 37.3 Å². The molecule has 2 unspecified atom stereocenters. The normalized spacial score (nSPS) is 27.2. The first-order valence-electron chi connectivity index (χ1n) is 5.59. The fraction of sp³-hybridized carbons (Fsp3) is 0.545. The van der Waals surface area contributed by atoms with Crippen molar-refractivity contribution in [2.24, 2.45) is 0 Å². The van der Waals surface area contributed by atoms with Crippen molar-refractivity contribution in [3.63, 3.8) is 0 Å². The van der Waals surface area contributed by atoms with E-state index in [1.165, 1.54) is 12.6 Å². The number of nitro groups is 1. The molecule has 0 saturated carbocycles. The van der Waals surface area contributed by atoms with E-state index in [4.69, 9.17) is 0 Å². The van der Waals surface area contributed by atoms with Crippen LogP contribution in [-0.4, -0.2) is 27.9 Å². The first-order chi connectivity index (χ1) is 7.74. The minimum Gasteiger partial charge on any atom is -0.298 e. The molecule has 0 N–H and O–H groups in total. The van der Waals surface area contributed by atoms with Crippen LogP contribution in [0.25, 0.3) is 0 Å². The van der Waals surface area contributed by atoms with Crippen LogP contribution in [0.2, 0.25) is 0 Å². The van der Waals surface area contributed by atoms with Crippen LogP contribution < -0.4 is 0 Å². The number of pyridine rings is 1. The molecule has 1 saturated heterocycles. The molecule has 0 aliphatic carbocycles. The highest BCUT2D eigenvalue weighted by atomic mass is 16.6. The summed E-state index contributed by atoms with van der Waals surface area (Å²) in [7, 11) is 0. The zero-order valence-corrected chi connectivity index (χ0v) is 8.93. The molecule has 5 nitrogen and oxygen atoms in total. The molecule has 2 aliphatic rings. The summed E-state index contributed by atoms with van der Waals surface area (Å²) in [6, 6.07) is 1.69. The zero-order valence-electron chi connectivity index (χ0n) is 8.93. The van der Waals surface area contributed by atoms with Gasteiger partial charge < -0.3 is 0 Å². The Morgan fingerprint density at radius 1 is 1.56 bits per heavy atom. The van der Waals surface area contributed by atoms with Crippen LogP contribution in [0.1, 0.15) is 30.0 Å². The summed E-state index contributed by atoms with van der Waals surface area (Å²) in [6.07, 6.45) is 3.76. The van der Waals surface area contributed by atoms with Crippen LogP contribution in [0.3, 0.4) is 0 Å². The van der Waals surface area contributed by atoms with E-state index < -0.39 is 0 Å². The molecule has 1 fully saturated rings. The smallest absolute Gasteiger partial charge is 0.287 e. The monoisotopic (exact) mass is 219 g/mol. The minimum atomic E-state index is -0.368. The van der Waals surface area contributed by atoms with Crippen molar-refractivity contribution in [2.45, 2.75) is 25.3 Å². The summed E-state index contributed by atoms with van der Waals surface area (Å²) < 4.78 is 0. The fourth-order valence-corrected chi connectivity index (χ4v) is 2.77. The van der Waals surface area contributed by atoms with E-state index in [2.05, 4.69) is 9.88 Å². The van der Waals surface area contributed by atoms with Crippen LogP contribution in [0.5, 0.6) is 0 Å². The number of aromatic nitrogens is 1. The van der Waals surface area contributed by atoms with E-state index in [1.807, 2.05) is 0 Å². The Hall–Kier alpha value is -1.49. The lowest BCUT2D eigenvalue weighted by atomic mass is 9.87. The Bertz CT molecular complexity index is 447. The quantitative estimate of drug-likeness (QED) is 0.532. The molecule has 1 aromatic heterocycles. The lowest BCUT2D eigenvalue weighted by molar-refractivity contribution is -0.385. The van der Waals surface area contributed by atoms with Gasteiger partial charge in [-0.1, -0.05) is 0 Å². The maximum Gasteiger partial charge on any atom is 0.287 e. The highest BCUT2D eigenvalue weighted by Gasteiger charge is 2.30. The van der Waals surface area contributed by atoms with Crippen LogP contribution in [-0.2, 0) is 6.54 Å². The Morgan fingerprint density at radius 3 is 3.25 bits per heavy atom. The molecule has 2 atom stereocenters. The topological polar surface area (TPSA) is 59.3 Å². The van der Waals surface area contributed by atoms with Gasteiger partial charge in [-0.05, 0) is 24.9 Å². The van der Waals surface area contributed by atoms with Gasteiger partial charge in [0.1, 0.15) is 6.20 Å². The van der Waals surface area contributed by atoms with Crippen LogP contribution in [0, 0.1) is 10.1 Å². The summed E-state index contributed by atoms with van der Waals surface area (Å²) in [5.74, 6) is 0.485. The average molecular weight is 219 g/mol. The van der Waals surface area contributed by atoms with Crippen LogP contribution in [0.15, 0.2) is 12.3 Å². The van der Waals surface area contributed by atoms with Gasteiger partial charge >= 0.3 is 0 Å². The number of hydrogen-bond acceptors (Lipinski definition) is 4. The predicted molar refractivity (Wildman–Crippen MR) is 58.1 cm³/mol. The largest absolute Gasteiger partial charge is 0.298 e. The van der Waals surface area contributed by atoms with Gasteiger partial charge in [0.25, 0.3) is 5.69 Å². The summed E-state index contributed by atoms with van der Waals surface area (Å²) >= 11 is 0. The summed E-state index contributed by atoms with van der Waals surface area (Å²) in [4.78, 5) is 17.0. The molecule has 2 aliphatic heterocycles. The predicted octanol–water partition coefficient (Wildman–Crippen LogP) is 1.68. The first-order valence-corrected chi connectivity index (χ1v) is 5.59. The van der Waals surface area contributed by atoms with Crippen molar-refractivity contribution in [1.82, 2.24) is 9.88 Å². The molecular formula is C11H13N3O2. The third kappa shape index (κ3) is 1.48. The maximum absolute atomic E-state index is 10.7. The van der Waals surface area contributed by atoms with Crippen LogP contribution in [0.4, 0.5) is 5.69 Å². The first kappa shape index (κ1) is 9.72. The second-order valence-corrected chi connectivity index (χ2v) is 4.57. The molecule has 1 aromatic rings. The standard InChI is InChI=1S/C11H13N3O2/c15-14(16)10-4-9-7-13-3-1-2-8(6-13)11(9)12-5-10/h4-5,8H,1-3,6-7H2. The van der Waals surface area contributed by atoms with Gasteiger partial charge in [0, 0.05) is 30.8 Å². The van der Waals surface area contributed by atoms with Gasteiger partial charge in [0.15, 0.2) is 0 Å². The summed E-state index contributed by atoms with van der Waals surface area (Å²) in [5.41, 5.74) is 2.24. The van der Waals surface area contributed by atoms with Crippen LogP contribution >= 0.6 is 0 Å². The molecule has 5 heteroatoms. The van der Waals surface area contributed by atoms with Gasteiger partial charge in [0.2, 0.25) is 0 Å². The third-order valence-electron chi connectivity index (χ3n) is 3.48. The Kier molecular flexibility index (Phi) is 2.14. The van der Waals surface area contributed by atoms with E-state index in [9.17, 15) is 10.1 Å². The summed E-state index contributed by atoms with van der Waals surface area (Å²) in [6.45, 7) is 3.00. The van der Waals surface area contributed by atoms with E-state index in [0.29, 0.717) is 5.92 Å². The molecule has 0 radical (unpaired) electrons. The van der Waals surface area contributed by atoms with Gasteiger partial charge in [-0.3, -0.25) is 20.0 Å². The molecular weight excluding hydrogens is 206 g/mol. The van der Waals surface area contributed by atoms with Gasteiger partial charge in [-0.2, -0.15) is 0 Å². The van der Waals surface area contributed by atoms with Crippen molar-refractivity contribution < 1.29 is 4.92 Å². The molecule has 0 amide bonds. The Morgan fingerprint density at radius 2 is 2.44 bits per heavy atom. The number of nitrogens with zero attached hydrogens (tertiary/aromatic N) is 3. The van der Waals surface area contributed by atoms with Crippen molar-refractivity contribution in [1.29, 1.82) is 0 Å². The van der Waals surface area contributed by atoms with Crippen molar-refractivity contribution >= 4 is 5.69 Å². The Balaban J connectivity index is 2.03. The second-order valence-electron chi connectivity index (χ2n) is 4.57. The molecule has 0 aromatic carbocycles. The van der Waals surface area contributed by atoms with Crippen molar-refractivity contribution in [3.05, 3.63) is 33.6 Å². The Labute approximate surface area is 93.2 Å². The molecule has 16 heavy (non-hydrogen) atoms. The third-order valence-corrected chi connectivity index (χ3v) is 3.48. The summed E-state index contributed by atoms with van der Waals surface area (Å²) in [5, 5.41) is 10.7. The second kappa shape index (κ2) is 3.52. The van der Waals surface area contributed by atoms with E-state index in [-0.39, 0.29) is 10.6 Å². The lowest BCUT2D eigenvalue weighted by Crippen LogP contribution is -2.38. The van der Waals surface area contributed by atoms with Gasteiger partial charge in [-0.15, -0.1) is 0 Å². The SMILES string of the molecule is O=[N+]([O-])c1cnc2c(c1)CN1CCCC2C1. The lowest BCUT2D eigenvalue weighted by Gasteiger charge is -2.37. The highest BCUT2D eigenvalue weighted by Crippen LogP contribution is 2.34. The number of rotatable bonds is 1. The maximum atomic E-state index is 10.7. The molecule has 3 rings (SSSR count). The number of piperidine rings is 1. The van der Waals surface area contributed by atoms with Gasteiger partial charge in [0.05, 0.1) is 4.92 Å².